The van der Waals surface area contributed by atoms with Crippen LogP contribution in [0.5, 0.6) is 0 Å². The van der Waals surface area contributed by atoms with Gasteiger partial charge < -0.3 is 5.32 Å². The number of amides is 1. The van der Waals surface area contributed by atoms with Crippen molar-refractivity contribution in [1.29, 1.82) is 0 Å². The highest BCUT2D eigenvalue weighted by Crippen LogP contribution is 2.19. The fourth-order valence-electron chi connectivity index (χ4n) is 2.70. The summed E-state index contributed by atoms with van der Waals surface area (Å²) in [6.07, 6.45) is 0.427. The number of carbonyl (C=O) groups is 1. The molecule has 1 N–H and O–H groups in total. The zero-order chi connectivity index (χ0) is 16.3. The maximum absolute atomic E-state index is 12.3. The predicted octanol–water partition coefficient (Wildman–Crippen LogP) is 4.34. The monoisotopic (exact) mass is 295 g/mol. The van der Waals surface area contributed by atoms with E-state index in [1.54, 1.807) is 0 Å². The molecule has 0 fully saturated rings. The molecule has 2 aromatic rings. The average molecular weight is 295 g/mol. The lowest BCUT2D eigenvalue weighted by molar-refractivity contribution is -0.121. The molecule has 2 heteroatoms. The minimum absolute atomic E-state index is 0.0268. The zero-order valence-corrected chi connectivity index (χ0v) is 14.2. The molecular formula is C20H25NO. The molecule has 0 saturated heterocycles. The van der Waals surface area contributed by atoms with Crippen molar-refractivity contribution in [2.45, 2.75) is 47.1 Å². The van der Waals surface area contributed by atoms with Gasteiger partial charge in [0, 0.05) is 0 Å². The smallest absolute Gasteiger partial charge is 0.224 e. The number of hydrogen-bond donors (Lipinski definition) is 1. The summed E-state index contributed by atoms with van der Waals surface area (Å²) in [5, 5.41) is 3.11. The maximum Gasteiger partial charge on any atom is 0.224 e. The van der Waals surface area contributed by atoms with E-state index < -0.39 is 0 Å². The van der Waals surface area contributed by atoms with Crippen LogP contribution < -0.4 is 5.32 Å². The van der Waals surface area contributed by atoms with Crippen LogP contribution >= 0.6 is 0 Å². The van der Waals surface area contributed by atoms with Crippen molar-refractivity contribution >= 4 is 5.91 Å². The van der Waals surface area contributed by atoms with Gasteiger partial charge in [0.25, 0.3) is 0 Å². The summed E-state index contributed by atoms with van der Waals surface area (Å²) >= 11 is 0. The highest BCUT2D eigenvalue weighted by molar-refractivity contribution is 5.79. The molecule has 0 spiro atoms. The van der Waals surface area contributed by atoms with Gasteiger partial charge in [-0.2, -0.15) is 0 Å². The van der Waals surface area contributed by atoms with E-state index in [4.69, 9.17) is 0 Å². The highest BCUT2D eigenvalue weighted by atomic mass is 16.1. The Labute approximate surface area is 133 Å². The van der Waals surface area contributed by atoms with Crippen LogP contribution in [0.3, 0.4) is 0 Å². The van der Waals surface area contributed by atoms with Gasteiger partial charge >= 0.3 is 0 Å². The topological polar surface area (TPSA) is 29.1 Å². The van der Waals surface area contributed by atoms with E-state index in [9.17, 15) is 4.79 Å². The van der Waals surface area contributed by atoms with E-state index in [-0.39, 0.29) is 11.9 Å². The lowest BCUT2D eigenvalue weighted by Gasteiger charge is -2.17. The number of benzene rings is 2. The summed E-state index contributed by atoms with van der Waals surface area (Å²) in [7, 11) is 0. The van der Waals surface area contributed by atoms with Crippen LogP contribution in [0, 0.1) is 27.7 Å². The minimum Gasteiger partial charge on any atom is -0.349 e. The van der Waals surface area contributed by atoms with Crippen LogP contribution in [-0.4, -0.2) is 5.91 Å². The Balaban J connectivity index is 2.05. The number of nitrogens with one attached hydrogen (secondary N) is 1. The summed E-state index contributed by atoms with van der Waals surface area (Å²) in [5.41, 5.74) is 7.17. The van der Waals surface area contributed by atoms with E-state index in [0.29, 0.717) is 6.42 Å². The Kier molecular flexibility index (Phi) is 5.02. The first-order valence-corrected chi connectivity index (χ1v) is 7.79. The van der Waals surface area contributed by atoms with Crippen LogP contribution in [0.25, 0.3) is 0 Å². The molecule has 0 aliphatic carbocycles. The van der Waals surface area contributed by atoms with E-state index in [2.05, 4.69) is 63.3 Å². The van der Waals surface area contributed by atoms with Crippen LogP contribution in [0.15, 0.2) is 36.4 Å². The molecule has 0 aliphatic rings. The van der Waals surface area contributed by atoms with Crippen LogP contribution in [0.4, 0.5) is 0 Å². The minimum atomic E-state index is 0.0268. The van der Waals surface area contributed by atoms with E-state index in [1.807, 2.05) is 13.0 Å². The summed E-state index contributed by atoms with van der Waals surface area (Å²) in [6, 6.07) is 12.6. The molecule has 0 aromatic heterocycles. The van der Waals surface area contributed by atoms with Gasteiger partial charge in [-0.3, -0.25) is 4.79 Å². The molecule has 2 nitrogen and oxygen atoms in total. The summed E-state index contributed by atoms with van der Waals surface area (Å²) < 4.78 is 0. The fourth-order valence-corrected chi connectivity index (χ4v) is 2.70. The summed E-state index contributed by atoms with van der Waals surface area (Å²) in [5.74, 6) is 0.0664. The normalized spacial score (nSPS) is 12.0. The standard InChI is InChI=1S/C20H25NO/c1-13-6-7-15(3)19(10-13)17(5)21-20(22)12-18-9-8-14(2)16(4)11-18/h6-11,17H,12H2,1-5H3,(H,21,22)/t17-/m0/s1. The third-order valence-corrected chi connectivity index (χ3v) is 4.21. The first kappa shape index (κ1) is 16.3. The number of rotatable bonds is 4. The van der Waals surface area contributed by atoms with Crippen molar-refractivity contribution in [2.24, 2.45) is 0 Å². The van der Waals surface area contributed by atoms with Gasteiger partial charge in [-0.1, -0.05) is 42.0 Å². The summed E-state index contributed by atoms with van der Waals surface area (Å²) in [6.45, 7) is 10.4. The van der Waals surface area contributed by atoms with Crippen LogP contribution in [0.2, 0.25) is 0 Å². The van der Waals surface area contributed by atoms with Gasteiger partial charge in [0.2, 0.25) is 5.91 Å². The SMILES string of the molecule is Cc1ccc(C)c([C@H](C)NC(=O)Cc2ccc(C)c(C)c2)c1. The van der Waals surface area contributed by atoms with Crippen LogP contribution in [0.1, 0.15) is 46.3 Å². The number of carbonyl (C=O) groups excluding carboxylic acids is 1. The van der Waals surface area contributed by atoms with Crippen molar-refractivity contribution in [3.63, 3.8) is 0 Å². The highest BCUT2D eigenvalue weighted by Gasteiger charge is 2.12. The van der Waals surface area contributed by atoms with E-state index in [1.165, 1.54) is 27.8 Å². The van der Waals surface area contributed by atoms with Gasteiger partial charge in [0.15, 0.2) is 0 Å². The molecule has 0 aliphatic heterocycles. The molecular weight excluding hydrogens is 270 g/mol. The van der Waals surface area contributed by atoms with Gasteiger partial charge in [-0.05, 0) is 62.4 Å². The number of hydrogen-bond acceptors (Lipinski definition) is 1. The molecule has 0 bridgehead atoms. The number of aryl methyl sites for hydroxylation is 4. The molecule has 22 heavy (non-hydrogen) atoms. The first-order valence-electron chi connectivity index (χ1n) is 7.79. The van der Waals surface area contributed by atoms with Crippen LogP contribution in [-0.2, 0) is 11.2 Å². The van der Waals surface area contributed by atoms with Gasteiger partial charge in [0.1, 0.15) is 0 Å². The largest absolute Gasteiger partial charge is 0.349 e. The molecule has 1 amide bonds. The Hall–Kier alpha value is -2.09. The average Bonchev–Trinajstić information content (AvgIpc) is 2.45. The molecule has 0 unspecified atom stereocenters. The molecule has 2 rings (SSSR count). The predicted molar refractivity (Wildman–Crippen MR) is 92.1 cm³/mol. The second-order valence-corrected chi connectivity index (χ2v) is 6.24. The summed E-state index contributed by atoms with van der Waals surface area (Å²) in [4.78, 5) is 12.3. The lowest BCUT2D eigenvalue weighted by atomic mass is 9.99. The second kappa shape index (κ2) is 6.78. The van der Waals surface area contributed by atoms with Gasteiger partial charge in [-0.25, -0.2) is 0 Å². The molecule has 116 valence electrons. The van der Waals surface area contributed by atoms with E-state index in [0.717, 1.165) is 5.56 Å². The van der Waals surface area contributed by atoms with E-state index >= 15 is 0 Å². The molecule has 0 heterocycles. The Bertz CT molecular complexity index is 688. The molecule has 0 saturated carbocycles. The van der Waals surface area contributed by atoms with Crippen molar-refractivity contribution in [3.8, 4) is 0 Å². The first-order chi connectivity index (χ1) is 10.4. The van der Waals surface area contributed by atoms with Crippen molar-refractivity contribution in [1.82, 2.24) is 5.32 Å². The lowest BCUT2D eigenvalue weighted by Crippen LogP contribution is -2.28. The third kappa shape index (κ3) is 3.97. The van der Waals surface area contributed by atoms with Gasteiger partial charge in [-0.15, -0.1) is 0 Å². The molecule has 1 atom stereocenters. The molecule has 0 radical (unpaired) electrons. The quantitative estimate of drug-likeness (QED) is 0.893. The second-order valence-electron chi connectivity index (χ2n) is 6.24. The Morgan fingerprint density at radius 1 is 0.955 bits per heavy atom. The maximum atomic E-state index is 12.3. The Morgan fingerprint density at radius 2 is 1.64 bits per heavy atom. The third-order valence-electron chi connectivity index (χ3n) is 4.21. The fraction of sp³-hybridized carbons (Fsp3) is 0.350. The molecule has 2 aromatic carbocycles. The Morgan fingerprint density at radius 3 is 2.32 bits per heavy atom. The van der Waals surface area contributed by atoms with Crippen molar-refractivity contribution in [2.75, 3.05) is 0 Å². The van der Waals surface area contributed by atoms with Gasteiger partial charge in [0.05, 0.1) is 12.5 Å². The van der Waals surface area contributed by atoms with Crippen molar-refractivity contribution in [3.05, 3.63) is 69.8 Å². The zero-order valence-electron chi connectivity index (χ0n) is 14.2. The van der Waals surface area contributed by atoms with Crippen molar-refractivity contribution < 1.29 is 4.79 Å².